The van der Waals surface area contributed by atoms with Crippen LogP contribution in [0.15, 0.2) is 22.8 Å². The third kappa shape index (κ3) is 3.38. The number of allylic oxidation sites excluding steroid dienone is 1. The maximum atomic E-state index is 12.3. The number of rotatable bonds is 2. The molecule has 1 aliphatic rings. The Morgan fingerprint density at radius 3 is 2.82 bits per heavy atom. The molecule has 22 heavy (non-hydrogen) atoms. The third-order valence-electron chi connectivity index (χ3n) is 3.23. The van der Waals surface area contributed by atoms with Crippen molar-refractivity contribution in [3.8, 4) is 0 Å². The first-order chi connectivity index (χ1) is 10.3. The quantitative estimate of drug-likeness (QED) is 0.793. The van der Waals surface area contributed by atoms with Crippen LogP contribution in [0.4, 0.5) is 4.79 Å². The zero-order valence-electron chi connectivity index (χ0n) is 12.8. The molecule has 0 aromatic carbocycles. The number of hydrogen-bond donors (Lipinski definition) is 0. The number of fused-ring (bicyclic) bond motifs is 1. The van der Waals surface area contributed by atoms with Gasteiger partial charge in [0.1, 0.15) is 5.60 Å². The molecule has 1 saturated carbocycles. The lowest BCUT2D eigenvalue weighted by molar-refractivity contribution is 0.0521. The van der Waals surface area contributed by atoms with Gasteiger partial charge in [-0.3, -0.25) is 0 Å². The molecule has 1 fully saturated rings. The molecule has 0 amide bonds. The Labute approximate surface area is 137 Å². The van der Waals surface area contributed by atoms with E-state index >= 15 is 0 Å². The van der Waals surface area contributed by atoms with Gasteiger partial charge in [-0.25, -0.2) is 9.78 Å². The normalized spacial score (nSPS) is 15.6. The zero-order chi connectivity index (χ0) is 15.9. The Kier molecular flexibility index (Phi) is 3.80. The summed E-state index contributed by atoms with van der Waals surface area (Å²) in [4.78, 5) is 16.6. The molecule has 6 heteroatoms. The van der Waals surface area contributed by atoms with E-state index in [-0.39, 0.29) is 0 Å². The van der Waals surface area contributed by atoms with Crippen LogP contribution in [0.3, 0.4) is 0 Å². The average Bonchev–Trinajstić information content (AvgIpc) is 3.16. The van der Waals surface area contributed by atoms with Gasteiger partial charge in [0.15, 0.2) is 5.65 Å². The second-order valence-electron chi connectivity index (χ2n) is 6.50. The Morgan fingerprint density at radius 2 is 2.18 bits per heavy atom. The van der Waals surface area contributed by atoms with Gasteiger partial charge in [-0.1, -0.05) is 6.08 Å². The zero-order valence-corrected chi connectivity index (χ0v) is 14.4. The molecule has 0 bridgehead atoms. The van der Waals surface area contributed by atoms with Crippen LogP contribution >= 0.6 is 15.9 Å². The molecular formula is C16H18BrN3O2. The molecule has 0 spiro atoms. The molecule has 2 heterocycles. The van der Waals surface area contributed by atoms with Crippen LogP contribution in [0.1, 0.15) is 39.3 Å². The SMILES string of the molecule is CC(C)(C)OC(=O)n1nc(/C=C/C2CC2)c2cc(Br)cnc21. The Morgan fingerprint density at radius 1 is 1.45 bits per heavy atom. The summed E-state index contributed by atoms with van der Waals surface area (Å²) in [5, 5.41) is 5.22. The van der Waals surface area contributed by atoms with Crippen molar-refractivity contribution in [3.63, 3.8) is 0 Å². The van der Waals surface area contributed by atoms with E-state index < -0.39 is 11.7 Å². The number of pyridine rings is 1. The summed E-state index contributed by atoms with van der Waals surface area (Å²) in [5.41, 5.74) is 0.670. The number of carbonyl (C=O) groups excluding carboxylic acids is 1. The van der Waals surface area contributed by atoms with E-state index in [1.54, 1.807) is 6.20 Å². The first-order valence-electron chi connectivity index (χ1n) is 7.29. The first-order valence-corrected chi connectivity index (χ1v) is 8.08. The van der Waals surface area contributed by atoms with Crippen LogP contribution in [-0.4, -0.2) is 26.5 Å². The molecule has 2 aromatic heterocycles. The Hall–Kier alpha value is -1.69. The van der Waals surface area contributed by atoms with E-state index in [1.807, 2.05) is 32.9 Å². The fourth-order valence-electron chi connectivity index (χ4n) is 2.07. The summed E-state index contributed by atoms with van der Waals surface area (Å²) in [6, 6.07) is 1.92. The summed E-state index contributed by atoms with van der Waals surface area (Å²) < 4.78 is 7.49. The van der Waals surface area contributed by atoms with Gasteiger partial charge in [-0.05, 0) is 67.6 Å². The third-order valence-corrected chi connectivity index (χ3v) is 3.67. The highest BCUT2D eigenvalue weighted by Gasteiger charge is 2.23. The predicted molar refractivity (Wildman–Crippen MR) is 88.6 cm³/mol. The van der Waals surface area contributed by atoms with Crippen molar-refractivity contribution in [2.24, 2.45) is 5.92 Å². The Bertz CT molecular complexity index is 755. The molecular weight excluding hydrogens is 346 g/mol. The monoisotopic (exact) mass is 363 g/mol. The van der Waals surface area contributed by atoms with Crippen molar-refractivity contribution >= 4 is 39.1 Å². The smallest absolute Gasteiger partial charge is 0.437 e. The predicted octanol–water partition coefficient (Wildman–Crippen LogP) is 4.40. The lowest BCUT2D eigenvalue weighted by Gasteiger charge is -2.18. The van der Waals surface area contributed by atoms with Crippen LogP contribution in [0.25, 0.3) is 17.1 Å². The first kappa shape index (κ1) is 15.2. The fraction of sp³-hybridized carbons (Fsp3) is 0.438. The molecule has 0 aliphatic heterocycles. The van der Waals surface area contributed by atoms with Crippen molar-refractivity contribution in [2.75, 3.05) is 0 Å². The van der Waals surface area contributed by atoms with Crippen LogP contribution in [-0.2, 0) is 4.74 Å². The highest BCUT2D eigenvalue weighted by molar-refractivity contribution is 9.10. The highest BCUT2D eigenvalue weighted by atomic mass is 79.9. The number of halogens is 1. The van der Waals surface area contributed by atoms with Crippen LogP contribution < -0.4 is 0 Å². The molecule has 0 N–H and O–H groups in total. The fourth-order valence-corrected chi connectivity index (χ4v) is 2.40. The second kappa shape index (κ2) is 5.50. The van der Waals surface area contributed by atoms with E-state index in [0.717, 1.165) is 15.6 Å². The lowest BCUT2D eigenvalue weighted by atomic mass is 10.2. The molecule has 5 nitrogen and oxygen atoms in total. The van der Waals surface area contributed by atoms with Gasteiger partial charge in [0, 0.05) is 16.1 Å². The van der Waals surface area contributed by atoms with E-state index in [1.165, 1.54) is 17.5 Å². The summed E-state index contributed by atoms with van der Waals surface area (Å²) >= 11 is 3.41. The molecule has 2 aromatic rings. The minimum Gasteiger partial charge on any atom is -0.442 e. The average molecular weight is 364 g/mol. The summed E-state index contributed by atoms with van der Waals surface area (Å²) in [6.07, 6.45) is 7.70. The van der Waals surface area contributed by atoms with Gasteiger partial charge in [0.25, 0.3) is 0 Å². The molecule has 3 rings (SSSR count). The second-order valence-corrected chi connectivity index (χ2v) is 7.41. The van der Waals surface area contributed by atoms with Crippen molar-refractivity contribution in [3.05, 3.63) is 28.5 Å². The van der Waals surface area contributed by atoms with Gasteiger partial charge >= 0.3 is 6.09 Å². The lowest BCUT2D eigenvalue weighted by Crippen LogP contribution is -2.27. The minimum absolute atomic E-state index is 0.507. The van der Waals surface area contributed by atoms with E-state index in [4.69, 9.17) is 4.74 Å². The number of nitrogens with zero attached hydrogens (tertiary/aromatic N) is 3. The van der Waals surface area contributed by atoms with E-state index in [2.05, 4.69) is 32.1 Å². The van der Waals surface area contributed by atoms with Crippen LogP contribution in [0.5, 0.6) is 0 Å². The van der Waals surface area contributed by atoms with Gasteiger partial charge in [-0.15, -0.1) is 4.68 Å². The molecule has 0 unspecified atom stereocenters. The van der Waals surface area contributed by atoms with Crippen LogP contribution in [0.2, 0.25) is 0 Å². The molecule has 0 radical (unpaired) electrons. The number of aromatic nitrogens is 3. The standard InChI is InChI=1S/C16H18BrN3O2/c1-16(2,3)22-15(21)20-14-12(8-11(17)9-18-14)13(19-20)7-6-10-4-5-10/h6-10H,4-5H2,1-3H3/b7-6+. The van der Waals surface area contributed by atoms with Crippen molar-refractivity contribution in [2.45, 2.75) is 39.2 Å². The van der Waals surface area contributed by atoms with E-state index in [9.17, 15) is 4.79 Å². The molecule has 0 atom stereocenters. The summed E-state index contributed by atoms with van der Waals surface area (Å²) in [6.45, 7) is 5.48. The van der Waals surface area contributed by atoms with Crippen molar-refractivity contribution < 1.29 is 9.53 Å². The summed E-state index contributed by atoms with van der Waals surface area (Å²) in [7, 11) is 0. The minimum atomic E-state index is -0.575. The van der Waals surface area contributed by atoms with Crippen LogP contribution in [0, 0.1) is 5.92 Å². The topological polar surface area (TPSA) is 57.0 Å². The van der Waals surface area contributed by atoms with Gasteiger partial charge in [-0.2, -0.15) is 5.10 Å². The highest BCUT2D eigenvalue weighted by Crippen LogP contribution is 2.31. The van der Waals surface area contributed by atoms with Gasteiger partial charge < -0.3 is 4.74 Å². The van der Waals surface area contributed by atoms with E-state index in [0.29, 0.717) is 11.6 Å². The molecule has 116 valence electrons. The number of carbonyl (C=O) groups is 1. The maximum absolute atomic E-state index is 12.3. The van der Waals surface area contributed by atoms with Gasteiger partial charge in [0.05, 0.1) is 5.69 Å². The molecule has 0 saturated heterocycles. The van der Waals surface area contributed by atoms with Gasteiger partial charge in [0.2, 0.25) is 0 Å². The van der Waals surface area contributed by atoms with Crippen molar-refractivity contribution in [1.82, 2.24) is 14.8 Å². The molecule has 1 aliphatic carbocycles. The maximum Gasteiger partial charge on any atom is 0.437 e. The number of ether oxygens (including phenoxy) is 1. The van der Waals surface area contributed by atoms with Crippen molar-refractivity contribution in [1.29, 1.82) is 0 Å². The summed E-state index contributed by atoms with van der Waals surface area (Å²) in [5.74, 6) is 0.641. The largest absolute Gasteiger partial charge is 0.442 e. The number of hydrogen-bond acceptors (Lipinski definition) is 4. The Balaban J connectivity index is 2.04.